The summed E-state index contributed by atoms with van der Waals surface area (Å²) in [7, 11) is 3.06. The summed E-state index contributed by atoms with van der Waals surface area (Å²) < 4.78 is 16.8. The fourth-order valence-electron chi connectivity index (χ4n) is 2.79. The van der Waals surface area contributed by atoms with Crippen molar-refractivity contribution in [3.05, 3.63) is 59.8 Å². The molecular weight excluding hydrogens is 388 g/mol. The molecule has 0 radical (unpaired) electrons. The van der Waals surface area contributed by atoms with Gasteiger partial charge in [0.15, 0.2) is 0 Å². The molecule has 3 N–H and O–H groups in total. The molecule has 1 heterocycles. The van der Waals surface area contributed by atoms with Gasteiger partial charge in [0.2, 0.25) is 0 Å². The molecule has 3 aromatic rings. The Morgan fingerprint density at radius 3 is 2.47 bits per heavy atom. The first-order valence-corrected chi connectivity index (χ1v) is 9.13. The molecule has 9 nitrogen and oxygen atoms in total. The van der Waals surface area contributed by atoms with E-state index in [1.54, 1.807) is 56.5 Å². The van der Waals surface area contributed by atoms with Crippen LogP contribution in [0.15, 0.2) is 48.7 Å². The Kier molecular flexibility index (Phi) is 6.21. The summed E-state index contributed by atoms with van der Waals surface area (Å²) >= 11 is 0. The predicted molar refractivity (Wildman–Crippen MR) is 111 cm³/mol. The van der Waals surface area contributed by atoms with Crippen LogP contribution in [0.5, 0.6) is 11.5 Å². The summed E-state index contributed by atoms with van der Waals surface area (Å²) in [5.41, 5.74) is 7.70. The van der Waals surface area contributed by atoms with E-state index in [4.69, 9.17) is 19.9 Å². The van der Waals surface area contributed by atoms with Crippen molar-refractivity contribution in [2.24, 2.45) is 0 Å². The first kappa shape index (κ1) is 20.7. The van der Waals surface area contributed by atoms with Gasteiger partial charge >= 0.3 is 5.97 Å². The number of ether oxygens (including phenoxy) is 3. The van der Waals surface area contributed by atoms with Crippen LogP contribution in [0, 0.1) is 0 Å². The molecule has 30 heavy (non-hydrogen) atoms. The summed E-state index contributed by atoms with van der Waals surface area (Å²) in [4.78, 5) is 24.5. The smallest absolute Gasteiger partial charge is 0.343 e. The summed E-state index contributed by atoms with van der Waals surface area (Å²) in [6.07, 6.45) is 1.35. The van der Waals surface area contributed by atoms with Gasteiger partial charge in [-0.15, -0.1) is 0 Å². The van der Waals surface area contributed by atoms with E-state index in [9.17, 15) is 9.59 Å². The minimum Gasteiger partial charge on any atom is -0.497 e. The molecule has 1 amide bonds. The normalized spacial score (nSPS) is 10.4. The minimum absolute atomic E-state index is 0.159. The number of hydrogen-bond acceptors (Lipinski definition) is 7. The van der Waals surface area contributed by atoms with Crippen LogP contribution >= 0.6 is 0 Å². The van der Waals surface area contributed by atoms with Gasteiger partial charge in [-0.1, -0.05) is 0 Å². The number of nitrogen functional groups attached to an aromatic ring is 1. The maximum absolute atomic E-state index is 12.6. The molecule has 1 aromatic heterocycles. The Balaban J connectivity index is 1.80. The van der Waals surface area contributed by atoms with Gasteiger partial charge in [-0.3, -0.25) is 4.79 Å². The average Bonchev–Trinajstić information content (AvgIpc) is 3.15. The molecule has 0 fully saturated rings. The second-order valence-electron chi connectivity index (χ2n) is 6.14. The molecule has 0 unspecified atom stereocenters. The molecule has 0 saturated carbocycles. The van der Waals surface area contributed by atoms with Crippen LogP contribution in [-0.2, 0) is 4.74 Å². The van der Waals surface area contributed by atoms with E-state index in [2.05, 4.69) is 10.4 Å². The zero-order valence-corrected chi connectivity index (χ0v) is 16.8. The summed E-state index contributed by atoms with van der Waals surface area (Å²) in [5, 5.41) is 6.94. The maximum Gasteiger partial charge on any atom is 0.343 e. The van der Waals surface area contributed by atoms with Crippen molar-refractivity contribution in [3.63, 3.8) is 0 Å². The number of esters is 1. The van der Waals surface area contributed by atoms with Crippen molar-refractivity contribution < 1.29 is 23.8 Å². The van der Waals surface area contributed by atoms with Crippen LogP contribution in [0.25, 0.3) is 5.69 Å². The summed E-state index contributed by atoms with van der Waals surface area (Å²) in [6, 6.07) is 11.7. The van der Waals surface area contributed by atoms with E-state index in [-0.39, 0.29) is 23.9 Å². The number of carbonyl (C=O) groups is 2. The van der Waals surface area contributed by atoms with Crippen molar-refractivity contribution in [1.29, 1.82) is 0 Å². The van der Waals surface area contributed by atoms with Crippen LogP contribution in [0.2, 0.25) is 0 Å². The number of anilines is 2. The second kappa shape index (κ2) is 8.99. The number of rotatable bonds is 7. The maximum atomic E-state index is 12.6. The first-order chi connectivity index (χ1) is 14.5. The highest BCUT2D eigenvalue weighted by Gasteiger charge is 2.17. The van der Waals surface area contributed by atoms with Gasteiger partial charge in [0.25, 0.3) is 5.91 Å². The van der Waals surface area contributed by atoms with Gasteiger partial charge in [0, 0.05) is 11.6 Å². The van der Waals surface area contributed by atoms with Crippen molar-refractivity contribution in [2.45, 2.75) is 6.92 Å². The highest BCUT2D eigenvalue weighted by Crippen LogP contribution is 2.29. The third kappa shape index (κ3) is 4.19. The van der Waals surface area contributed by atoms with E-state index in [1.807, 2.05) is 0 Å². The lowest BCUT2D eigenvalue weighted by atomic mass is 10.2. The first-order valence-electron chi connectivity index (χ1n) is 9.13. The Morgan fingerprint density at radius 1 is 1.10 bits per heavy atom. The SMILES string of the molecule is CCOC(=O)c1cnn(-c2ccc(C(=O)Nc3cc(OC)ccc3OC)cc2)c1N. The van der Waals surface area contributed by atoms with E-state index >= 15 is 0 Å². The number of methoxy groups -OCH3 is 2. The number of nitrogens with two attached hydrogens (primary N) is 1. The number of hydrogen-bond donors (Lipinski definition) is 2. The van der Waals surface area contributed by atoms with Gasteiger partial charge < -0.3 is 25.3 Å². The predicted octanol–water partition coefficient (Wildman–Crippen LogP) is 2.90. The topological polar surface area (TPSA) is 118 Å². The summed E-state index contributed by atoms with van der Waals surface area (Å²) in [5.74, 6) is 0.398. The molecule has 0 spiro atoms. The molecule has 156 valence electrons. The highest BCUT2D eigenvalue weighted by molar-refractivity contribution is 6.05. The molecule has 0 aliphatic rings. The summed E-state index contributed by atoms with van der Waals surface area (Å²) in [6.45, 7) is 1.95. The number of nitrogens with one attached hydrogen (secondary N) is 1. The number of aromatic nitrogens is 2. The van der Waals surface area contributed by atoms with Gasteiger partial charge in [0.1, 0.15) is 22.9 Å². The van der Waals surface area contributed by atoms with E-state index < -0.39 is 5.97 Å². The molecule has 0 atom stereocenters. The van der Waals surface area contributed by atoms with Gasteiger partial charge in [-0.25, -0.2) is 9.48 Å². The standard InChI is InChI=1S/C21H22N4O5/c1-4-30-21(27)16-12-23-25(19(16)22)14-7-5-13(6-8-14)20(26)24-17-11-15(28-2)9-10-18(17)29-3/h5-12H,4,22H2,1-3H3,(H,24,26). The van der Waals surface area contributed by atoms with Crippen molar-refractivity contribution in [1.82, 2.24) is 9.78 Å². The lowest BCUT2D eigenvalue weighted by molar-refractivity contribution is 0.0527. The largest absolute Gasteiger partial charge is 0.497 e. The zero-order valence-electron chi connectivity index (χ0n) is 16.8. The van der Waals surface area contributed by atoms with E-state index in [0.29, 0.717) is 28.4 Å². The highest BCUT2D eigenvalue weighted by atomic mass is 16.5. The fraction of sp³-hybridized carbons (Fsp3) is 0.190. The molecule has 2 aromatic carbocycles. The van der Waals surface area contributed by atoms with Crippen LogP contribution in [0.1, 0.15) is 27.6 Å². The van der Waals surface area contributed by atoms with Crippen LogP contribution < -0.4 is 20.5 Å². The third-order valence-electron chi connectivity index (χ3n) is 4.33. The van der Waals surface area contributed by atoms with E-state index in [1.165, 1.54) is 18.0 Å². The lowest BCUT2D eigenvalue weighted by Crippen LogP contribution is -2.13. The molecule has 3 rings (SSSR count). The van der Waals surface area contributed by atoms with Crippen LogP contribution in [0.4, 0.5) is 11.5 Å². The molecule has 0 aliphatic heterocycles. The average molecular weight is 410 g/mol. The van der Waals surface area contributed by atoms with Crippen LogP contribution in [-0.4, -0.2) is 42.5 Å². The Hall–Kier alpha value is -4.01. The van der Waals surface area contributed by atoms with Crippen molar-refractivity contribution >= 4 is 23.4 Å². The number of carbonyl (C=O) groups excluding carboxylic acids is 2. The minimum atomic E-state index is -0.538. The van der Waals surface area contributed by atoms with E-state index in [0.717, 1.165) is 0 Å². The molecule has 0 saturated heterocycles. The van der Waals surface area contributed by atoms with Gasteiger partial charge in [-0.2, -0.15) is 5.10 Å². The molecular formula is C21H22N4O5. The quantitative estimate of drug-likeness (QED) is 0.575. The Labute approximate surface area is 173 Å². The molecule has 9 heteroatoms. The third-order valence-corrected chi connectivity index (χ3v) is 4.33. The van der Waals surface area contributed by atoms with Gasteiger partial charge in [0.05, 0.1) is 38.4 Å². The fourth-order valence-corrected chi connectivity index (χ4v) is 2.79. The molecule has 0 aliphatic carbocycles. The number of amides is 1. The molecule has 0 bridgehead atoms. The van der Waals surface area contributed by atoms with Crippen molar-refractivity contribution in [2.75, 3.05) is 31.9 Å². The number of benzene rings is 2. The monoisotopic (exact) mass is 410 g/mol. The van der Waals surface area contributed by atoms with Gasteiger partial charge in [-0.05, 0) is 43.3 Å². The van der Waals surface area contributed by atoms with Crippen LogP contribution in [0.3, 0.4) is 0 Å². The van der Waals surface area contributed by atoms with Crippen molar-refractivity contribution in [3.8, 4) is 17.2 Å². The second-order valence-corrected chi connectivity index (χ2v) is 6.14. The lowest BCUT2D eigenvalue weighted by Gasteiger charge is -2.12. The number of nitrogens with zero attached hydrogens (tertiary/aromatic N) is 2. The Bertz CT molecular complexity index is 1060. The Morgan fingerprint density at radius 2 is 1.83 bits per heavy atom. The zero-order chi connectivity index (χ0) is 21.7.